The van der Waals surface area contributed by atoms with Gasteiger partial charge in [-0.25, -0.2) is 4.39 Å². The number of carbonyl (C=O) groups excluding carboxylic acids is 1. The molecule has 3 nitrogen and oxygen atoms in total. The minimum atomic E-state index is -0.603. The molecular weight excluding hydrogens is 337 g/mol. The van der Waals surface area contributed by atoms with Crippen LogP contribution in [0.3, 0.4) is 0 Å². The second kappa shape index (κ2) is 6.72. The van der Waals surface area contributed by atoms with Gasteiger partial charge in [0, 0.05) is 4.47 Å². The molecule has 2 rings (SSSR count). The smallest absolute Gasteiger partial charge is 0.258 e. The van der Waals surface area contributed by atoms with Crippen LogP contribution in [0.15, 0.2) is 46.9 Å². The Labute approximate surface area is 131 Å². The number of amides is 1. The summed E-state index contributed by atoms with van der Waals surface area (Å²) in [5.41, 5.74) is 0.842. The second-order valence-electron chi connectivity index (χ2n) is 4.57. The van der Waals surface area contributed by atoms with Crippen LogP contribution in [0.1, 0.15) is 28.9 Å². The molecule has 2 aromatic rings. The van der Waals surface area contributed by atoms with Crippen molar-refractivity contribution in [1.29, 1.82) is 0 Å². The van der Waals surface area contributed by atoms with E-state index in [9.17, 15) is 9.18 Å². The predicted molar refractivity (Wildman–Crippen MR) is 83.0 cm³/mol. The van der Waals surface area contributed by atoms with Gasteiger partial charge >= 0.3 is 0 Å². The molecular formula is C16H15BrFNO2. The average Bonchev–Trinajstić information content (AvgIpc) is 2.46. The lowest BCUT2D eigenvalue weighted by Crippen LogP contribution is -2.27. The molecule has 1 atom stereocenters. The summed E-state index contributed by atoms with van der Waals surface area (Å²) in [6.07, 6.45) is 0. The van der Waals surface area contributed by atoms with E-state index in [-0.39, 0.29) is 17.4 Å². The lowest BCUT2D eigenvalue weighted by atomic mass is 10.1. The number of hydrogen-bond donors (Lipinski definition) is 1. The third kappa shape index (κ3) is 3.61. The molecule has 0 aliphatic carbocycles. The van der Waals surface area contributed by atoms with Gasteiger partial charge in [-0.05, 0) is 36.8 Å². The van der Waals surface area contributed by atoms with E-state index in [0.717, 1.165) is 10.0 Å². The fraction of sp³-hybridized carbons (Fsp3) is 0.188. The van der Waals surface area contributed by atoms with Crippen LogP contribution in [-0.2, 0) is 0 Å². The fourth-order valence-corrected chi connectivity index (χ4v) is 2.44. The zero-order valence-corrected chi connectivity index (χ0v) is 13.3. The van der Waals surface area contributed by atoms with Gasteiger partial charge in [0.15, 0.2) is 0 Å². The summed E-state index contributed by atoms with van der Waals surface area (Å²) >= 11 is 3.38. The van der Waals surface area contributed by atoms with E-state index in [0.29, 0.717) is 0 Å². The molecule has 0 bridgehead atoms. The molecule has 0 fully saturated rings. The Balaban J connectivity index is 2.22. The fourth-order valence-electron chi connectivity index (χ4n) is 2.02. The van der Waals surface area contributed by atoms with Crippen LogP contribution < -0.4 is 10.1 Å². The quantitative estimate of drug-likeness (QED) is 0.900. The molecule has 1 N–H and O–H groups in total. The summed E-state index contributed by atoms with van der Waals surface area (Å²) in [5, 5.41) is 2.78. The van der Waals surface area contributed by atoms with Crippen LogP contribution in [0.4, 0.5) is 4.39 Å². The molecule has 0 heterocycles. The highest BCUT2D eigenvalue weighted by Gasteiger charge is 2.19. The summed E-state index contributed by atoms with van der Waals surface area (Å²) in [6.45, 7) is 1.84. The van der Waals surface area contributed by atoms with Crippen molar-refractivity contribution >= 4 is 21.8 Å². The molecule has 110 valence electrons. The number of rotatable bonds is 4. The van der Waals surface area contributed by atoms with Gasteiger partial charge in [0.1, 0.15) is 17.1 Å². The lowest BCUT2D eigenvalue weighted by Gasteiger charge is -2.16. The van der Waals surface area contributed by atoms with Crippen LogP contribution in [0.5, 0.6) is 5.75 Å². The first-order chi connectivity index (χ1) is 10.0. The zero-order chi connectivity index (χ0) is 15.4. The summed E-state index contributed by atoms with van der Waals surface area (Å²) in [4.78, 5) is 12.3. The number of hydrogen-bond acceptors (Lipinski definition) is 2. The van der Waals surface area contributed by atoms with Crippen molar-refractivity contribution in [2.75, 3.05) is 7.11 Å². The van der Waals surface area contributed by atoms with Crippen molar-refractivity contribution < 1.29 is 13.9 Å². The molecule has 1 unspecified atom stereocenters. The number of ether oxygens (including phenoxy) is 1. The van der Waals surface area contributed by atoms with Crippen molar-refractivity contribution in [2.24, 2.45) is 0 Å². The number of carbonyl (C=O) groups is 1. The van der Waals surface area contributed by atoms with Crippen molar-refractivity contribution in [3.63, 3.8) is 0 Å². The summed E-state index contributed by atoms with van der Waals surface area (Å²) < 4.78 is 19.8. The van der Waals surface area contributed by atoms with Crippen LogP contribution >= 0.6 is 15.9 Å². The summed E-state index contributed by atoms with van der Waals surface area (Å²) in [5.74, 6) is -0.889. The van der Waals surface area contributed by atoms with Gasteiger partial charge in [-0.1, -0.05) is 34.1 Å². The largest absolute Gasteiger partial charge is 0.496 e. The molecule has 1 amide bonds. The number of methoxy groups -OCH3 is 1. The first-order valence-corrected chi connectivity index (χ1v) is 7.21. The minimum Gasteiger partial charge on any atom is -0.496 e. The van der Waals surface area contributed by atoms with Gasteiger partial charge in [0.2, 0.25) is 0 Å². The Morgan fingerprint density at radius 2 is 2.00 bits per heavy atom. The van der Waals surface area contributed by atoms with E-state index >= 15 is 0 Å². The molecule has 0 aromatic heterocycles. The van der Waals surface area contributed by atoms with Gasteiger partial charge in [0.25, 0.3) is 5.91 Å². The molecule has 0 spiro atoms. The zero-order valence-electron chi connectivity index (χ0n) is 11.7. The average molecular weight is 352 g/mol. The van der Waals surface area contributed by atoms with Gasteiger partial charge in [0.05, 0.1) is 13.2 Å². The van der Waals surface area contributed by atoms with Gasteiger partial charge in [-0.15, -0.1) is 0 Å². The Hall–Kier alpha value is -1.88. The maximum atomic E-state index is 13.9. The molecule has 2 aromatic carbocycles. The van der Waals surface area contributed by atoms with E-state index in [4.69, 9.17) is 4.74 Å². The molecule has 0 saturated heterocycles. The SMILES string of the molecule is COc1cccc(F)c1C(=O)NC(C)c1cccc(Br)c1. The highest BCUT2D eigenvalue weighted by Crippen LogP contribution is 2.23. The predicted octanol–water partition coefficient (Wildman–Crippen LogP) is 4.09. The molecule has 5 heteroatoms. The third-order valence-electron chi connectivity index (χ3n) is 3.12. The summed E-state index contributed by atoms with van der Waals surface area (Å²) in [6, 6.07) is 11.6. The minimum absolute atomic E-state index is 0.0816. The van der Waals surface area contributed by atoms with E-state index in [2.05, 4.69) is 21.2 Å². The topological polar surface area (TPSA) is 38.3 Å². The highest BCUT2D eigenvalue weighted by molar-refractivity contribution is 9.10. The molecule has 21 heavy (non-hydrogen) atoms. The van der Waals surface area contributed by atoms with E-state index in [1.165, 1.54) is 19.2 Å². The van der Waals surface area contributed by atoms with Crippen molar-refractivity contribution in [1.82, 2.24) is 5.32 Å². The van der Waals surface area contributed by atoms with Crippen molar-refractivity contribution in [3.05, 3.63) is 63.9 Å². The Kier molecular flexibility index (Phi) is 4.96. The van der Waals surface area contributed by atoms with E-state index in [1.54, 1.807) is 6.07 Å². The van der Waals surface area contributed by atoms with Gasteiger partial charge in [-0.3, -0.25) is 4.79 Å². The standard InChI is InChI=1S/C16H15BrFNO2/c1-10(11-5-3-6-12(17)9-11)19-16(20)15-13(18)7-4-8-14(15)21-2/h3-10H,1-2H3,(H,19,20). The molecule has 0 aliphatic heterocycles. The van der Waals surface area contributed by atoms with Gasteiger partial charge in [-0.2, -0.15) is 0 Å². The Morgan fingerprint density at radius 1 is 1.29 bits per heavy atom. The van der Waals surface area contributed by atoms with Crippen molar-refractivity contribution in [2.45, 2.75) is 13.0 Å². The van der Waals surface area contributed by atoms with Crippen LogP contribution in [0.25, 0.3) is 0 Å². The normalized spacial score (nSPS) is 11.8. The van der Waals surface area contributed by atoms with Crippen LogP contribution in [0.2, 0.25) is 0 Å². The monoisotopic (exact) mass is 351 g/mol. The van der Waals surface area contributed by atoms with E-state index < -0.39 is 11.7 Å². The second-order valence-corrected chi connectivity index (χ2v) is 5.48. The van der Waals surface area contributed by atoms with Crippen molar-refractivity contribution in [3.8, 4) is 5.75 Å². The van der Waals surface area contributed by atoms with Crippen LogP contribution in [0, 0.1) is 5.82 Å². The molecule has 0 radical (unpaired) electrons. The van der Waals surface area contributed by atoms with E-state index in [1.807, 2.05) is 31.2 Å². The maximum absolute atomic E-state index is 13.9. The maximum Gasteiger partial charge on any atom is 0.258 e. The lowest BCUT2D eigenvalue weighted by molar-refractivity contribution is 0.0932. The first kappa shape index (κ1) is 15.5. The Morgan fingerprint density at radius 3 is 2.67 bits per heavy atom. The summed E-state index contributed by atoms with van der Waals surface area (Å²) in [7, 11) is 1.41. The van der Waals surface area contributed by atoms with Gasteiger partial charge < -0.3 is 10.1 Å². The third-order valence-corrected chi connectivity index (χ3v) is 3.61. The number of nitrogens with one attached hydrogen (secondary N) is 1. The highest BCUT2D eigenvalue weighted by atomic mass is 79.9. The first-order valence-electron chi connectivity index (χ1n) is 6.41. The van der Waals surface area contributed by atoms with Crippen LogP contribution in [-0.4, -0.2) is 13.0 Å². The molecule has 0 saturated carbocycles. The number of benzene rings is 2. The number of halogens is 2. The molecule has 0 aliphatic rings. The Bertz CT molecular complexity index is 660.